The molecule has 3 fully saturated rings. The quantitative estimate of drug-likeness (QED) is 0.388. The summed E-state index contributed by atoms with van der Waals surface area (Å²) < 4.78 is 67.9. The number of amides is 3. The maximum absolute atomic E-state index is 14.4. The fraction of sp³-hybridized carbons (Fsp3) is 0.516. The third-order valence-corrected chi connectivity index (χ3v) is 9.82. The molecule has 3 heterocycles. The van der Waals surface area contributed by atoms with Crippen LogP contribution in [0.25, 0.3) is 0 Å². The summed E-state index contributed by atoms with van der Waals surface area (Å²) in [6.45, 7) is 1.09. The van der Waals surface area contributed by atoms with Crippen molar-refractivity contribution in [2.45, 2.75) is 81.8 Å². The molecule has 3 amide bonds. The highest BCUT2D eigenvalue weighted by molar-refractivity contribution is 6.05. The molecule has 2 unspecified atom stereocenters. The topological polar surface area (TPSA) is 90.0 Å². The van der Waals surface area contributed by atoms with Crippen molar-refractivity contribution in [3.8, 4) is 0 Å². The molecule has 0 bridgehead atoms. The van der Waals surface area contributed by atoms with E-state index in [1.165, 1.54) is 17.0 Å². The zero-order valence-corrected chi connectivity index (χ0v) is 23.4. The fourth-order valence-electron chi connectivity index (χ4n) is 7.36. The van der Waals surface area contributed by atoms with Gasteiger partial charge in [0.05, 0.1) is 11.2 Å². The van der Waals surface area contributed by atoms with Crippen LogP contribution in [0.4, 0.5) is 22.0 Å². The molecule has 2 N–H and O–H groups in total. The number of hydrogen-bond acceptors (Lipinski definition) is 5. The molecule has 6 rings (SSSR count). The first-order chi connectivity index (χ1) is 20.2. The molecular weight excluding hydrogens is 573 g/mol. The second-order valence-corrected chi connectivity index (χ2v) is 12.4. The predicted octanol–water partition coefficient (Wildman–Crippen LogP) is 4.76. The first-order valence-electron chi connectivity index (χ1n) is 14.5. The number of piperidine rings is 2. The van der Waals surface area contributed by atoms with Gasteiger partial charge in [0.1, 0.15) is 6.04 Å². The summed E-state index contributed by atoms with van der Waals surface area (Å²) in [5.74, 6) is -4.11. The Kier molecular flexibility index (Phi) is 7.15. The molecule has 2 aromatic rings. The van der Waals surface area contributed by atoms with E-state index >= 15 is 0 Å². The molecule has 2 atom stereocenters. The van der Waals surface area contributed by atoms with Crippen molar-refractivity contribution in [2.75, 3.05) is 13.1 Å². The number of carbonyl (C=O) groups is 3. The normalized spacial score (nSPS) is 27.3. The number of likely N-dealkylation sites (tertiary alicyclic amines) is 1. The predicted molar refractivity (Wildman–Crippen MR) is 144 cm³/mol. The van der Waals surface area contributed by atoms with Crippen molar-refractivity contribution in [3.63, 3.8) is 0 Å². The number of nitrogens with zero attached hydrogens (tertiary/aromatic N) is 2. The Bertz CT molecular complexity index is 1450. The molecule has 43 heavy (non-hydrogen) atoms. The second-order valence-electron chi connectivity index (χ2n) is 12.4. The highest BCUT2D eigenvalue weighted by Crippen LogP contribution is 2.57. The lowest BCUT2D eigenvalue weighted by molar-refractivity contribution is -0.187. The molecule has 7 nitrogen and oxygen atoms in total. The molecule has 1 saturated carbocycles. The van der Waals surface area contributed by atoms with Crippen LogP contribution in [0.5, 0.6) is 0 Å². The lowest BCUT2D eigenvalue weighted by Gasteiger charge is -2.56. The zero-order valence-electron chi connectivity index (χ0n) is 23.4. The van der Waals surface area contributed by atoms with Crippen LogP contribution in [0.3, 0.4) is 0 Å². The van der Waals surface area contributed by atoms with Gasteiger partial charge >= 0.3 is 6.18 Å². The number of rotatable bonds is 4. The Morgan fingerprint density at radius 1 is 0.953 bits per heavy atom. The summed E-state index contributed by atoms with van der Waals surface area (Å²) in [7, 11) is 0. The third-order valence-electron chi connectivity index (χ3n) is 9.82. The molecule has 2 aromatic carbocycles. The van der Waals surface area contributed by atoms with Gasteiger partial charge in [0.25, 0.3) is 5.91 Å². The standard InChI is InChI=1S/C31H32F5N3O4/c32-29(33)11-9-28(10-12-29)18-38(16-19-1-3-21(4-2-19)31(34,35)36)14-13-30(28,43)22-5-6-23-20(15-22)17-39(27(23)42)24-7-8-25(40)37-26(24)41/h1-6,15,24,43H,7-14,16-18H2,(H,37,40,41). The number of hydrogen-bond donors (Lipinski definition) is 2. The molecule has 1 spiro atoms. The van der Waals surface area contributed by atoms with E-state index in [1.807, 2.05) is 4.90 Å². The second kappa shape index (κ2) is 10.4. The minimum atomic E-state index is -4.45. The summed E-state index contributed by atoms with van der Waals surface area (Å²) in [6, 6.07) is 9.09. The molecule has 1 aliphatic carbocycles. The lowest BCUT2D eigenvalue weighted by Crippen LogP contribution is -2.59. The van der Waals surface area contributed by atoms with Gasteiger partial charge in [-0.3, -0.25) is 24.6 Å². The maximum Gasteiger partial charge on any atom is 0.416 e. The van der Waals surface area contributed by atoms with Crippen LogP contribution in [-0.4, -0.2) is 57.7 Å². The van der Waals surface area contributed by atoms with Gasteiger partial charge in [-0.05, 0) is 60.6 Å². The number of imide groups is 1. The first kappa shape index (κ1) is 29.7. The largest absolute Gasteiger partial charge is 0.416 e. The van der Waals surface area contributed by atoms with E-state index in [1.54, 1.807) is 18.2 Å². The SMILES string of the molecule is O=C1CCC(N2Cc3cc(C4(O)CCN(Cc5ccc(C(F)(F)F)cc5)CC45CCC(F)(F)CC5)ccc3C2=O)C(=O)N1. The number of benzene rings is 2. The van der Waals surface area contributed by atoms with Crippen molar-refractivity contribution in [1.82, 2.24) is 15.1 Å². The number of aliphatic hydroxyl groups is 1. The Hall–Kier alpha value is -3.38. The number of nitrogens with one attached hydrogen (secondary N) is 1. The number of carbonyl (C=O) groups excluding carboxylic acids is 3. The van der Waals surface area contributed by atoms with E-state index in [-0.39, 0.29) is 57.0 Å². The van der Waals surface area contributed by atoms with Crippen molar-refractivity contribution in [3.05, 3.63) is 70.3 Å². The van der Waals surface area contributed by atoms with Crippen LogP contribution in [0.15, 0.2) is 42.5 Å². The average molecular weight is 606 g/mol. The van der Waals surface area contributed by atoms with E-state index in [0.29, 0.717) is 35.3 Å². The fourth-order valence-corrected chi connectivity index (χ4v) is 7.36. The molecule has 0 aromatic heterocycles. The van der Waals surface area contributed by atoms with E-state index in [0.717, 1.165) is 12.1 Å². The van der Waals surface area contributed by atoms with Gasteiger partial charge in [-0.2, -0.15) is 13.2 Å². The minimum Gasteiger partial charge on any atom is -0.384 e. The van der Waals surface area contributed by atoms with Gasteiger partial charge in [-0.15, -0.1) is 0 Å². The summed E-state index contributed by atoms with van der Waals surface area (Å²) >= 11 is 0. The van der Waals surface area contributed by atoms with E-state index in [9.17, 15) is 41.4 Å². The average Bonchev–Trinajstić information content (AvgIpc) is 3.27. The van der Waals surface area contributed by atoms with Gasteiger partial charge < -0.3 is 10.0 Å². The van der Waals surface area contributed by atoms with Crippen LogP contribution in [-0.2, 0) is 34.5 Å². The van der Waals surface area contributed by atoms with Gasteiger partial charge in [0.15, 0.2) is 0 Å². The van der Waals surface area contributed by atoms with Crippen LogP contribution in [0.2, 0.25) is 0 Å². The minimum absolute atomic E-state index is 0.0540. The summed E-state index contributed by atoms with van der Waals surface area (Å²) in [5, 5.41) is 14.7. The van der Waals surface area contributed by atoms with Gasteiger partial charge in [0, 0.05) is 56.4 Å². The van der Waals surface area contributed by atoms with E-state index < -0.39 is 53.5 Å². The highest BCUT2D eigenvalue weighted by atomic mass is 19.4. The van der Waals surface area contributed by atoms with E-state index in [4.69, 9.17) is 0 Å². The molecule has 2 saturated heterocycles. The van der Waals surface area contributed by atoms with Crippen molar-refractivity contribution in [2.24, 2.45) is 5.41 Å². The first-order valence-corrected chi connectivity index (χ1v) is 14.5. The van der Waals surface area contributed by atoms with Crippen LogP contribution >= 0.6 is 0 Å². The summed E-state index contributed by atoms with van der Waals surface area (Å²) in [5.41, 5.74) is -1.01. The monoisotopic (exact) mass is 605 g/mol. The van der Waals surface area contributed by atoms with Gasteiger partial charge in [-0.1, -0.05) is 24.3 Å². The number of fused-ring (bicyclic) bond motifs is 1. The Morgan fingerprint density at radius 3 is 2.30 bits per heavy atom. The van der Waals surface area contributed by atoms with Crippen molar-refractivity contribution < 1.29 is 41.4 Å². The Balaban J connectivity index is 1.26. The molecule has 12 heteroatoms. The number of alkyl halides is 5. The molecule has 3 aliphatic heterocycles. The molecule has 230 valence electrons. The van der Waals surface area contributed by atoms with Crippen LogP contribution in [0.1, 0.15) is 77.6 Å². The van der Waals surface area contributed by atoms with Crippen molar-refractivity contribution in [1.29, 1.82) is 0 Å². The summed E-state index contributed by atoms with van der Waals surface area (Å²) in [6.07, 6.45) is -4.58. The zero-order chi connectivity index (χ0) is 30.8. The molecular formula is C31H32F5N3O4. The van der Waals surface area contributed by atoms with Gasteiger partial charge in [0.2, 0.25) is 17.7 Å². The van der Waals surface area contributed by atoms with Crippen LogP contribution < -0.4 is 5.32 Å². The molecule has 4 aliphatic rings. The maximum atomic E-state index is 14.4. The lowest BCUT2D eigenvalue weighted by atomic mass is 9.57. The third kappa shape index (κ3) is 5.32. The smallest absolute Gasteiger partial charge is 0.384 e. The highest BCUT2D eigenvalue weighted by Gasteiger charge is 2.58. The number of halogens is 5. The summed E-state index contributed by atoms with van der Waals surface area (Å²) in [4.78, 5) is 40.7. The van der Waals surface area contributed by atoms with Crippen molar-refractivity contribution >= 4 is 17.7 Å². The Labute approximate surface area is 245 Å². The van der Waals surface area contributed by atoms with E-state index in [2.05, 4.69) is 5.32 Å². The van der Waals surface area contributed by atoms with Crippen LogP contribution in [0, 0.1) is 5.41 Å². The Morgan fingerprint density at radius 2 is 1.65 bits per heavy atom. The molecule has 0 radical (unpaired) electrons. The van der Waals surface area contributed by atoms with Gasteiger partial charge in [-0.25, -0.2) is 8.78 Å².